The van der Waals surface area contributed by atoms with Crippen molar-refractivity contribution in [3.63, 3.8) is 0 Å². The van der Waals surface area contributed by atoms with Crippen molar-refractivity contribution in [2.24, 2.45) is 0 Å². The van der Waals surface area contributed by atoms with Gasteiger partial charge in [0.1, 0.15) is 22.6 Å². The van der Waals surface area contributed by atoms with Crippen LogP contribution in [0.15, 0.2) is 42.6 Å². The molecule has 0 saturated heterocycles. The molecule has 2 nitrogen and oxygen atoms in total. The van der Waals surface area contributed by atoms with Crippen molar-refractivity contribution in [1.82, 2.24) is 9.97 Å². The number of hydrogen-bond donors (Lipinski definition) is 1. The number of aromatic nitrogens is 2. The van der Waals surface area contributed by atoms with Gasteiger partial charge in [0.15, 0.2) is 0 Å². The van der Waals surface area contributed by atoms with E-state index in [9.17, 15) is 8.78 Å². The Bertz CT molecular complexity index is 813. The van der Waals surface area contributed by atoms with Gasteiger partial charge in [-0.1, -0.05) is 46.9 Å². The van der Waals surface area contributed by atoms with Gasteiger partial charge in [0.2, 0.25) is 0 Å². The molecule has 1 N–H and O–H groups in total. The van der Waals surface area contributed by atoms with Gasteiger partial charge in [-0.3, -0.25) is 0 Å². The van der Waals surface area contributed by atoms with E-state index in [-0.39, 0.29) is 10.0 Å². The van der Waals surface area contributed by atoms with Crippen LogP contribution in [0.1, 0.15) is 22.9 Å². The second-order valence-corrected chi connectivity index (χ2v) is 6.12. The summed E-state index contributed by atoms with van der Waals surface area (Å²) in [7, 11) is 0. The summed E-state index contributed by atoms with van der Waals surface area (Å²) in [5, 5.41) is 0.322. The van der Waals surface area contributed by atoms with Gasteiger partial charge in [-0.2, -0.15) is 0 Å². The first-order chi connectivity index (χ1) is 11.0. The van der Waals surface area contributed by atoms with E-state index in [4.69, 9.17) is 34.8 Å². The predicted octanol–water partition coefficient (Wildman–Crippen LogP) is 5.83. The van der Waals surface area contributed by atoms with Crippen LogP contribution in [-0.4, -0.2) is 9.97 Å². The number of aromatic amines is 1. The highest BCUT2D eigenvalue weighted by atomic mass is 35.5. The number of nitrogens with one attached hydrogen (secondary N) is 1. The fraction of sp³-hybridized carbons (Fsp3) is 0.0625. The lowest BCUT2D eigenvalue weighted by molar-refractivity contribution is 0.626. The normalized spacial score (nSPS) is 11.2. The summed E-state index contributed by atoms with van der Waals surface area (Å²) < 4.78 is 26.9. The molecule has 0 spiro atoms. The van der Waals surface area contributed by atoms with E-state index in [2.05, 4.69) is 9.97 Å². The zero-order valence-electron chi connectivity index (χ0n) is 11.5. The molecular formula is C16H9Cl3F2N2. The molecule has 0 fully saturated rings. The van der Waals surface area contributed by atoms with Gasteiger partial charge < -0.3 is 4.98 Å². The van der Waals surface area contributed by atoms with E-state index in [0.29, 0.717) is 22.1 Å². The third-order valence-electron chi connectivity index (χ3n) is 3.39. The highest BCUT2D eigenvalue weighted by molar-refractivity contribution is 6.31. The maximum Gasteiger partial charge on any atom is 0.141 e. The number of halogens is 5. The molecule has 0 unspecified atom stereocenters. The first kappa shape index (κ1) is 16.2. The Kier molecular flexibility index (Phi) is 4.57. The topological polar surface area (TPSA) is 28.7 Å². The van der Waals surface area contributed by atoms with Gasteiger partial charge in [0.05, 0.1) is 22.2 Å². The van der Waals surface area contributed by atoms with E-state index in [1.807, 2.05) is 0 Å². The van der Waals surface area contributed by atoms with Crippen LogP contribution in [0.25, 0.3) is 0 Å². The molecule has 0 bridgehead atoms. The average Bonchev–Trinajstić information content (AvgIpc) is 2.93. The quantitative estimate of drug-likeness (QED) is 0.615. The van der Waals surface area contributed by atoms with Crippen molar-refractivity contribution in [2.45, 2.75) is 5.92 Å². The first-order valence-electron chi connectivity index (χ1n) is 6.56. The Morgan fingerprint density at radius 2 is 1.39 bits per heavy atom. The van der Waals surface area contributed by atoms with Gasteiger partial charge in [-0.05, 0) is 35.4 Å². The van der Waals surface area contributed by atoms with Crippen LogP contribution in [0, 0.1) is 11.6 Å². The summed E-state index contributed by atoms with van der Waals surface area (Å²) in [6.45, 7) is 0. The summed E-state index contributed by atoms with van der Waals surface area (Å²) in [6, 6.07) is 8.68. The molecule has 0 saturated carbocycles. The van der Waals surface area contributed by atoms with Crippen molar-refractivity contribution in [3.8, 4) is 0 Å². The average molecular weight is 374 g/mol. The Morgan fingerprint density at radius 1 is 0.870 bits per heavy atom. The molecule has 118 valence electrons. The third kappa shape index (κ3) is 3.34. The van der Waals surface area contributed by atoms with E-state index in [1.165, 1.54) is 30.5 Å². The van der Waals surface area contributed by atoms with Crippen LogP contribution in [-0.2, 0) is 0 Å². The molecule has 0 aliphatic rings. The van der Waals surface area contributed by atoms with E-state index < -0.39 is 17.6 Å². The standard InChI is InChI=1S/C16H9Cl3F2N2/c17-10-5-8(1-3-12(10)20)15(16-22-7-14(19)23-16)9-2-4-13(21)11(18)6-9/h1-7,15H,(H,22,23). The maximum absolute atomic E-state index is 13.4. The number of benzene rings is 2. The molecule has 0 atom stereocenters. The Morgan fingerprint density at radius 3 is 1.78 bits per heavy atom. The molecule has 0 amide bonds. The number of hydrogen-bond acceptors (Lipinski definition) is 1. The first-order valence-corrected chi connectivity index (χ1v) is 7.69. The lowest BCUT2D eigenvalue weighted by Gasteiger charge is -2.17. The van der Waals surface area contributed by atoms with Crippen LogP contribution in [0.3, 0.4) is 0 Å². The summed E-state index contributed by atoms with van der Waals surface area (Å²) in [4.78, 5) is 7.13. The van der Waals surface area contributed by atoms with Gasteiger partial charge in [-0.25, -0.2) is 13.8 Å². The Hall–Kier alpha value is -1.62. The Labute approximate surface area is 146 Å². The molecule has 0 aliphatic heterocycles. The molecule has 3 aromatic rings. The smallest absolute Gasteiger partial charge is 0.141 e. The number of imidazole rings is 1. The van der Waals surface area contributed by atoms with E-state index >= 15 is 0 Å². The molecule has 7 heteroatoms. The monoisotopic (exact) mass is 372 g/mol. The predicted molar refractivity (Wildman–Crippen MR) is 87.4 cm³/mol. The summed E-state index contributed by atoms with van der Waals surface area (Å²) in [6.07, 6.45) is 1.46. The van der Waals surface area contributed by atoms with E-state index in [1.54, 1.807) is 12.1 Å². The number of nitrogens with zero attached hydrogens (tertiary/aromatic N) is 1. The molecule has 3 rings (SSSR count). The maximum atomic E-state index is 13.4. The molecular weight excluding hydrogens is 365 g/mol. The fourth-order valence-corrected chi connectivity index (χ4v) is 2.88. The molecule has 0 radical (unpaired) electrons. The molecule has 1 aromatic heterocycles. The van der Waals surface area contributed by atoms with Gasteiger partial charge >= 0.3 is 0 Å². The number of rotatable bonds is 3. The minimum atomic E-state index is -0.524. The zero-order chi connectivity index (χ0) is 16.6. The minimum absolute atomic E-state index is 0.0154. The highest BCUT2D eigenvalue weighted by Crippen LogP contribution is 2.34. The lowest BCUT2D eigenvalue weighted by Crippen LogP contribution is -2.06. The summed E-state index contributed by atoms with van der Waals surface area (Å²) in [5.41, 5.74) is 1.34. The van der Waals surface area contributed by atoms with Gasteiger partial charge in [0.25, 0.3) is 0 Å². The lowest BCUT2D eigenvalue weighted by atomic mass is 9.90. The van der Waals surface area contributed by atoms with Crippen LogP contribution >= 0.6 is 34.8 Å². The summed E-state index contributed by atoms with van der Waals surface area (Å²) >= 11 is 17.7. The zero-order valence-corrected chi connectivity index (χ0v) is 13.7. The molecule has 23 heavy (non-hydrogen) atoms. The number of H-pyrrole nitrogens is 1. The largest absolute Gasteiger partial charge is 0.332 e. The summed E-state index contributed by atoms with van der Waals surface area (Å²) in [5.74, 6) is -0.980. The second kappa shape index (κ2) is 6.48. The van der Waals surface area contributed by atoms with Gasteiger partial charge in [-0.15, -0.1) is 0 Å². The Balaban J connectivity index is 2.17. The van der Waals surface area contributed by atoms with Crippen molar-refractivity contribution >= 4 is 34.8 Å². The highest BCUT2D eigenvalue weighted by Gasteiger charge is 2.22. The van der Waals surface area contributed by atoms with Crippen molar-refractivity contribution in [1.29, 1.82) is 0 Å². The molecule has 1 heterocycles. The third-order valence-corrected chi connectivity index (χ3v) is 4.16. The van der Waals surface area contributed by atoms with Crippen LogP contribution in [0.5, 0.6) is 0 Å². The van der Waals surface area contributed by atoms with Crippen molar-refractivity contribution in [2.75, 3.05) is 0 Å². The molecule has 0 aliphatic carbocycles. The van der Waals surface area contributed by atoms with Crippen molar-refractivity contribution in [3.05, 3.63) is 86.4 Å². The van der Waals surface area contributed by atoms with Crippen LogP contribution < -0.4 is 0 Å². The fourth-order valence-electron chi connectivity index (χ4n) is 2.35. The van der Waals surface area contributed by atoms with Crippen LogP contribution in [0.4, 0.5) is 8.78 Å². The SMILES string of the molecule is Fc1ccc(C(c2ccc(F)c(Cl)c2)c2ncc(Cl)[nH]2)cc1Cl. The minimum Gasteiger partial charge on any atom is -0.332 e. The van der Waals surface area contributed by atoms with Crippen LogP contribution in [0.2, 0.25) is 15.2 Å². The van der Waals surface area contributed by atoms with E-state index in [0.717, 1.165) is 0 Å². The van der Waals surface area contributed by atoms with Gasteiger partial charge in [0, 0.05) is 0 Å². The molecule has 2 aromatic carbocycles. The van der Waals surface area contributed by atoms with Crippen molar-refractivity contribution < 1.29 is 8.78 Å². The second-order valence-electron chi connectivity index (χ2n) is 4.90.